The SMILES string of the molecule is NCC(c1c(Cl)cccc1Cl)C(O)c1c(Cl)cccc1Cl. The van der Waals surface area contributed by atoms with Crippen molar-refractivity contribution in [1.29, 1.82) is 0 Å². The number of hydrogen-bond donors (Lipinski definition) is 2. The van der Waals surface area contributed by atoms with Gasteiger partial charge < -0.3 is 10.8 Å². The summed E-state index contributed by atoms with van der Waals surface area (Å²) in [4.78, 5) is 0. The molecule has 2 rings (SSSR count). The molecule has 2 unspecified atom stereocenters. The van der Waals surface area contributed by atoms with Gasteiger partial charge in [0.25, 0.3) is 0 Å². The highest BCUT2D eigenvalue weighted by atomic mass is 35.5. The Kier molecular flexibility index (Phi) is 5.78. The molecule has 6 heteroatoms. The number of aliphatic hydroxyl groups excluding tert-OH is 1. The van der Waals surface area contributed by atoms with Gasteiger partial charge in [0, 0.05) is 38.1 Å². The van der Waals surface area contributed by atoms with Crippen LogP contribution in [0.3, 0.4) is 0 Å². The molecule has 2 atom stereocenters. The van der Waals surface area contributed by atoms with Crippen LogP contribution in [0, 0.1) is 0 Å². The Morgan fingerprint density at radius 3 is 1.57 bits per heavy atom. The molecule has 0 aliphatic carbocycles. The lowest BCUT2D eigenvalue weighted by Gasteiger charge is -2.25. The third-order valence-electron chi connectivity index (χ3n) is 3.30. The van der Waals surface area contributed by atoms with Crippen LogP contribution in [-0.4, -0.2) is 11.7 Å². The molecule has 21 heavy (non-hydrogen) atoms. The fourth-order valence-corrected chi connectivity index (χ4v) is 3.56. The Morgan fingerprint density at radius 2 is 1.19 bits per heavy atom. The Hall–Kier alpha value is -0.480. The zero-order chi connectivity index (χ0) is 15.6. The lowest BCUT2D eigenvalue weighted by atomic mass is 9.89. The normalized spacial score (nSPS) is 14.0. The van der Waals surface area contributed by atoms with E-state index in [2.05, 4.69) is 0 Å². The van der Waals surface area contributed by atoms with E-state index >= 15 is 0 Å². The topological polar surface area (TPSA) is 46.2 Å². The number of rotatable bonds is 4. The van der Waals surface area contributed by atoms with Crippen molar-refractivity contribution in [3.8, 4) is 0 Å². The largest absolute Gasteiger partial charge is 0.388 e. The van der Waals surface area contributed by atoms with Crippen LogP contribution in [0.15, 0.2) is 36.4 Å². The van der Waals surface area contributed by atoms with E-state index in [-0.39, 0.29) is 6.54 Å². The van der Waals surface area contributed by atoms with Crippen LogP contribution in [-0.2, 0) is 0 Å². The molecule has 0 fully saturated rings. The maximum absolute atomic E-state index is 10.7. The Labute approximate surface area is 143 Å². The predicted molar refractivity (Wildman–Crippen MR) is 89.7 cm³/mol. The monoisotopic (exact) mass is 363 g/mol. The number of aliphatic hydroxyl groups is 1. The van der Waals surface area contributed by atoms with Crippen LogP contribution in [0.1, 0.15) is 23.1 Å². The van der Waals surface area contributed by atoms with Crippen molar-refractivity contribution in [3.63, 3.8) is 0 Å². The summed E-state index contributed by atoms with van der Waals surface area (Å²) in [5.74, 6) is -0.511. The summed E-state index contributed by atoms with van der Waals surface area (Å²) in [7, 11) is 0. The zero-order valence-electron chi connectivity index (χ0n) is 10.9. The summed E-state index contributed by atoms with van der Waals surface area (Å²) >= 11 is 24.7. The Morgan fingerprint density at radius 1 is 0.810 bits per heavy atom. The van der Waals surface area contributed by atoms with E-state index in [1.165, 1.54) is 0 Å². The first-order valence-electron chi connectivity index (χ1n) is 6.23. The average molecular weight is 365 g/mol. The quantitative estimate of drug-likeness (QED) is 0.794. The Bertz CT molecular complexity index is 607. The molecule has 2 aromatic rings. The number of halogens is 4. The fraction of sp³-hybridized carbons (Fsp3) is 0.200. The maximum Gasteiger partial charge on any atom is 0.0900 e. The molecule has 112 valence electrons. The molecule has 2 nitrogen and oxygen atoms in total. The molecule has 2 aromatic carbocycles. The predicted octanol–water partition coefficient (Wildman–Crippen LogP) is 5.08. The van der Waals surface area contributed by atoms with Gasteiger partial charge in [-0.05, 0) is 29.8 Å². The second-order valence-corrected chi connectivity index (χ2v) is 6.19. The summed E-state index contributed by atoms with van der Waals surface area (Å²) in [6.07, 6.45) is -1.01. The summed E-state index contributed by atoms with van der Waals surface area (Å²) in [6, 6.07) is 10.2. The molecule has 0 amide bonds. The summed E-state index contributed by atoms with van der Waals surface area (Å²) in [5.41, 5.74) is 6.83. The van der Waals surface area contributed by atoms with Gasteiger partial charge in [0.1, 0.15) is 0 Å². The van der Waals surface area contributed by atoms with Gasteiger partial charge in [0.05, 0.1) is 6.10 Å². The molecule has 0 spiro atoms. The number of nitrogens with two attached hydrogens (primary N) is 1. The first-order chi connectivity index (χ1) is 9.97. The molecule has 0 heterocycles. The van der Waals surface area contributed by atoms with Crippen LogP contribution < -0.4 is 5.73 Å². The molecule has 0 radical (unpaired) electrons. The van der Waals surface area contributed by atoms with Crippen molar-refractivity contribution >= 4 is 46.4 Å². The summed E-state index contributed by atoms with van der Waals surface area (Å²) in [6.45, 7) is 0.145. The average Bonchev–Trinajstić information content (AvgIpc) is 2.42. The molecular formula is C15H13Cl4NO. The van der Waals surface area contributed by atoms with Crippen molar-refractivity contribution < 1.29 is 5.11 Å². The van der Waals surface area contributed by atoms with E-state index in [4.69, 9.17) is 52.1 Å². The van der Waals surface area contributed by atoms with E-state index in [1.54, 1.807) is 36.4 Å². The number of hydrogen-bond acceptors (Lipinski definition) is 2. The van der Waals surface area contributed by atoms with Crippen LogP contribution in [0.4, 0.5) is 0 Å². The van der Waals surface area contributed by atoms with Crippen molar-refractivity contribution in [3.05, 3.63) is 67.6 Å². The molecule has 0 saturated heterocycles. The lowest BCUT2D eigenvalue weighted by molar-refractivity contribution is 0.147. The van der Waals surface area contributed by atoms with E-state index < -0.39 is 12.0 Å². The molecule has 0 aliphatic rings. The van der Waals surface area contributed by atoms with Gasteiger partial charge in [-0.3, -0.25) is 0 Å². The molecular weight excluding hydrogens is 352 g/mol. The zero-order valence-corrected chi connectivity index (χ0v) is 13.9. The minimum absolute atomic E-state index is 0.145. The van der Waals surface area contributed by atoms with Gasteiger partial charge in [-0.2, -0.15) is 0 Å². The van der Waals surface area contributed by atoms with Gasteiger partial charge in [0.15, 0.2) is 0 Å². The third kappa shape index (κ3) is 3.48. The summed E-state index contributed by atoms with van der Waals surface area (Å²) < 4.78 is 0. The van der Waals surface area contributed by atoms with E-state index in [0.29, 0.717) is 31.2 Å². The first-order valence-corrected chi connectivity index (χ1v) is 7.74. The minimum atomic E-state index is -1.01. The molecule has 0 aliphatic heterocycles. The smallest absolute Gasteiger partial charge is 0.0900 e. The minimum Gasteiger partial charge on any atom is -0.388 e. The molecule has 0 saturated carbocycles. The van der Waals surface area contributed by atoms with Gasteiger partial charge in [-0.25, -0.2) is 0 Å². The highest BCUT2D eigenvalue weighted by Gasteiger charge is 2.28. The fourth-order valence-electron chi connectivity index (χ4n) is 2.26. The van der Waals surface area contributed by atoms with E-state index in [0.717, 1.165) is 0 Å². The second-order valence-electron chi connectivity index (χ2n) is 4.56. The van der Waals surface area contributed by atoms with Gasteiger partial charge >= 0.3 is 0 Å². The highest BCUT2D eigenvalue weighted by molar-refractivity contribution is 6.37. The van der Waals surface area contributed by atoms with Crippen molar-refractivity contribution in [2.75, 3.05) is 6.54 Å². The summed E-state index contributed by atoms with van der Waals surface area (Å²) in [5, 5.41) is 12.3. The lowest BCUT2D eigenvalue weighted by Crippen LogP contribution is -2.21. The van der Waals surface area contributed by atoms with Crippen LogP contribution in [0.5, 0.6) is 0 Å². The van der Waals surface area contributed by atoms with Crippen molar-refractivity contribution in [1.82, 2.24) is 0 Å². The van der Waals surface area contributed by atoms with Crippen molar-refractivity contribution in [2.24, 2.45) is 5.73 Å². The van der Waals surface area contributed by atoms with Crippen LogP contribution in [0.25, 0.3) is 0 Å². The Balaban J connectivity index is 2.51. The van der Waals surface area contributed by atoms with Gasteiger partial charge in [-0.1, -0.05) is 58.5 Å². The maximum atomic E-state index is 10.7. The molecule has 3 N–H and O–H groups in total. The van der Waals surface area contributed by atoms with Crippen LogP contribution >= 0.6 is 46.4 Å². The second kappa shape index (κ2) is 7.19. The highest BCUT2D eigenvalue weighted by Crippen LogP contribution is 2.42. The number of benzene rings is 2. The molecule has 0 bridgehead atoms. The molecule has 0 aromatic heterocycles. The van der Waals surface area contributed by atoms with Crippen molar-refractivity contribution in [2.45, 2.75) is 12.0 Å². The van der Waals surface area contributed by atoms with Gasteiger partial charge in [0.2, 0.25) is 0 Å². The first kappa shape index (κ1) is 16.9. The van der Waals surface area contributed by atoms with Crippen LogP contribution in [0.2, 0.25) is 20.1 Å². The standard InChI is InChI=1S/C15H13Cl4NO/c16-9-3-1-4-10(17)13(9)8(7-20)15(21)14-11(18)5-2-6-12(14)19/h1-6,8,15,21H,7,20H2. The van der Waals surface area contributed by atoms with Gasteiger partial charge in [-0.15, -0.1) is 0 Å². The van der Waals surface area contributed by atoms with E-state index in [1.807, 2.05) is 0 Å². The third-order valence-corrected chi connectivity index (χ3v) is 4.62. The van der Waals surface area contributed by atoms with E-state index in [9.17, 15) is 5.11 Å².